The number of anilines is 1. The number of hydrogen-bond acceptors (Lipinski definition) is 2. The Morgan fingerprint density at radius 1 is 1.31 bits per heavy atom. The number of rotatable bonds is 1. The van der Waals surface area contributed by atoms with Crippen LogP contribution in [-0.4, -0.2) is 0 Å². The first kappa shape index (κ1) is 9.80. The van der Waals surface area contributed by atoms with Crippen molar-refractivity contribution >= 4 is 21.6 Å². The van der Waals surface area contributed by atoms with Crippen LogP contribution in [0.4, 0.5) is 18.9 Å². The highest BCUT2D eigenvalue weighted by Gasteiger charge is 2.20. The third-order valence-corrected chi connectivity index (χ3v) is 1.90. The normalized spacial score (nSPS) is 9.46. The minimum atomic E-state index is -1.63. The third-order valence-electron chi connectivity index (χ3n) is 1.28. The van der Waals surface area contributed by atoms with Crippen molar-refractivity contribution in [3.63, 3.8) is 0 Å². The summed E-state index contributed by atoms with van der Waals surface area (Å²) in [7, 11) is 0. The second kappa shape index (κ2) is 3.62. The largest absolute Gasteiger partial charge is 0.308 e. The standard InChI is InChI=1S/C6H2BrF3N3/c7-2-1-3(8)4(9)5(10)6(2)12-13-11/h1,12H/q+1. The molecule has 13 heavy (non-hydrogen) atoms. The molecule has 0 aromatic heterocycles. The zero-order valence-electron chi connectivity index (χ0n) is 5.98. The van der Waals surface area contributed by atoms with Gasteiger partial charge in [-0.05, 0) is 27.4 Å². The van der Waals surface area contributed by atoms with Gasteiger partial charge >= 0.3 is 5.08 Å². The van der Waals surface area contributed by atoms with Crippen molar-refractivity contribution < 1.29 is 13.2 Å². The van der Waals surface area contributed by atoms with Gasteiger partial charge in [0.1, 0.15) is 0 Å². The van der Waals surface area contributed by atoms with Gasteiger partial charge < -0.3 is 0 Å². The fraction of sp³-hybridized carbons (Fsp3) is 0. The molecule has 1 aromatic carbocycles. The summed E-state index contributed by atoms with van der Waals surface area (Å²) in [4.78, 5) is 0. The average molecular weight is 253 g/mol. The van der Waals surface area contributed by atoms with Gasteiger partial charge in [-0.25, -0.2) is 13.2 Å². The zero-order chi connectivity index (χ0) is 10.0. The number of nitrogens with zero attached hydrogens (tertiary/aromatic N) is 2. The Morgan fingerprint density at radius 3 is 2.46 bits per heavy atom. The first-order chi connectivity index (χ1) is 6.07. The lowest BCUT2D eigenvalue weighted by atomic mass is 10.3. The Bertz CT molecular complexity index is 388. The maximum Gasteiger partial charge on any atom is 0.308 e. The quantitative estimate of drug-likeness (QED) is 0.361. The molecule has 0 bridgehead atoms. The van der Waals surface area contributed by atoms with Gasteiger partial charge in [0.25, 0.3) is 5.39 Å². The van der Waals surface area contributed by atoms with E-state index in [1.807, 2.05) is 0 Å². The molecule has 0 unspecified atom stereocenters. The van der Waals surface area contributed by atoms with E-state index in [-0.39, 0.29) is 4.47 Å². The van der Waals surface area contributed by atoms with E-state index in [1.165, 1.54) is 0 Å². The molecule has 3 nitrogen and oxygen atoms in total. The van der Waals surface area contributed by atoms with Crippen LogP contribution >= 0.6 is 15.9 Å². The minimum Gasteiger partial charge on any atom is -0.204 e. The molecule has 0 fully saturated rings. The highest BCUT2D eigenvalue weighted by Crippen LogP contribution is 2.29. The minimum absolute atomic E-state index is 0.0818. The van der Waals surface area contributed by atoms with E-state index in [0.29, 0.717) is 6.07 Å². The molecular formula is C6H2BrF3N3+. The third kappa shape index (κ3) is 1.72. The maximum absolute atomic E-state index is 12.8. The van der Waals surface area contributed by atoms with E-state index >= 15 is 0 Å². The molecule has 1 aromatic rings. The van der Waals surface area contributed by atoms with Crippen LogP contribution in [0.15, 0.2) is 10.5 Å². The van der Waals surface area contributed by atoms with E-state index < -0.39 is 23.1 Å². The van der Waals surface area contributed by atoms with Gasteiger partial charge in [-0.15, -0.1) is 0 Å². The Hall–Kier alpha value is -1.29. The summed E-state index contributed by atoms with van der Waals surface area (Å²) < 4.78 is 37.8. The predicted octanol–water partition coefficient (Wildman–Crippen LogP) is 3.05. The maximum atomic E-state index is 12.8. The van der Waals surface area contributed by atoms with Gasteiger partial charge in [0.2, 0.25) is 0 Å². The number of halogens is 4. The molecule has 0 saturated heterocycles. The van der Waals surface area contributed by atoms with E-state index in [0.717, 1.165) is 0 Å². The molecule has 0 radical (unpaired) electrons. The second-order valence-electron chi connectivity index (χ2n) is 2.05. The Labute approximate surface area is 79.3 Å². The van der Waals surface area contributed by atoms with Gasteiger partial charge in [0.05, 0.1) is 4.47 Å². The van der Waals surface area contributed by atoms with Gasteiger partial charge in [-0.2, -0.15) is 0 Å². The van der Waals surface area contributed by atoms with E-state index in [2.05, 4.69) is 21.0 Å². The highest BCUT2D eigenvalue weighted by atomic mass is 79.9. The molecule has 7 heteroatoms. The van der Waals surface area contributed by atoms with Crippen LogP contribution < -0.4 is 5.43 Å². The number of nitrogens with one attached hydrogen (secondary N) is 1. The van der Waals surface area contributed by atoms with Crippen LogP contribution in [0.5, 0.6) is 0 Å². The van der Waals surface area contributed by atoms with Crippen LogP contribution in [0, 0.1) is 22.8 Å². The fourth-order valence-corrected chi connectivity index (χ4v) is 1.18. The van der Waals surface area contributed by atoms with E-state index in [4.69, 9.17) is 5.39 Å². The molecule has 0 aliphatic rings. The van der Waals surface area contributed by atoms with Gasteiger partial charge in [0, 0.05) is 0 Å². The molecule has 0 spiro atoms. The smallest absolute Gasteiger partial charge is 0.204 e. The van der Waals surface area contributed by atoms with Crippen molar-refractivity contribution in [3.05, 3.63) is 33.1 Å². The summed E-state index contributed by atoms with van der Waals surface area (Å²) in [5, 5.41) is 10.4. The van der Waals surface area contributed by atoms with E-state index in [1.54, 1.807) is 5.43 Å². The van der Waals surface area contributed by atoms with Crippen molar-refractivity contribution in [1.82, 2.24) is 0 Å². The Morgan fingerprint density at radius 2 is 1.92 bits per heavy atom. The van der Waals surface area contributed by atoms with Crippen molar-refractivity contribution in [2.75, 3.05) is 5.43 Å². The Kier molecular flexibility index (Phi) is 2.72. The summed E-state index contributed by atoms with van der Waals surface area (Å²) in [6, 6.07) is 0.714. The van der Waals surface area contributed by atoms with E-state index in [9.17, 15) is 13.2 Å². The van der Waals surface area contributed by atoms with Crippen LogP contribution in [0.2, 0.25) is 0 Å². The summed E-state index contributed by atoms with van der Waals surface area (Å²) in [5.41, 5.74) is 1.29. The van der Waals surface area contributed by atoms with Crippen molar-refractivity contribution in [2.24, 2.45) is 0 Å². The molecule has 0 atom stereocenters. The molecule has 0 aliphatic heterocycles. The fourth-order valence-electron chi connectivity index (χ4n) is 0.719. The van der Waals surface area contributed by atoms with Gasteiger partial charge in [-0.1, -0.05) is 0 Å². The molecule has 0 heterocycles. The SMILES string of the molecule is N#[N+]Nc1c(Br)cc(F)c(F)c1F. The predicted molar refractivity (Wildman–Crippen MR) is 42.7 cm³/mol. The average Bonchev–Trinajstić information content (AvgIpc) is 2.09. The van der Waals surface area contributed by atoms with Gasteiger partial charge in [0.15, 0.2) is 23.1 Å². The van der Waals surface area contributed by atoms with Crippen LogP contribution in [0.3, 0.4) is 0 Å². The lowest BCUT2D eigenvalue weighted by Crippen LogP contribution is -1.97. The summed E-state index contributed by atoms with van der Waals surface area (Å²) >= 11 is 2.75. The lowest BCUT2D eigenvalue weighted by molar-refractivity contribution is 0.448. The monoisotopic (exact) mass is 252 g/mol. The van der Waals surface area contributed by atoms with Crippen LogP contribution in [0.25, 0.3) is 5.08 Å². The lowest BCUT2D eigenvalue weighted by Gasteiger charge is -1.99. The van der Waals surface area contributed by atoms with Crippen LogP contribution in [0.1, 0.15) is 0 Å². The summed E-state index contributed by atoms with van der Waals surface area (Å²) in [5.74, 6) is -4.41. The summed E-state index contributed by atoms with van der Waals surface area (Å²) in [6.45, 7) is 0. The number of hydrogen-bond donors (Lipinski definition) is 1. The summed E-state index contributed by atoms with van der Waals surface area (Å²) in [6.07, 6.45) is 0. The van der Waals surface area contributed by atoms with Crippen molar-refractivity contribution in [3.8, 4) is 0 Å². The molecule has 1 rings (SSSR count). The molecule has 0 amide bonds. The first-order valence-electron chi connectivity index (χ1n) is 3.01. The molecule has 0 aliphatic carbocycles. The molecule has 0 saturated carbocycles. The second-order valence-corrected chi connectivity index (χ2v) is 2.91. The van der Waals surface area contributed by atoms with Gasteiger partial charge in [-0.3, -0.25) is 0 Å². The molecular weight excluding hydrogens is 251 g/mol. The number of benzene rings is 1. The Balaban J connectivity index is 3.36. The molecule has 1 N–H and O–H groups in total. The first-order valence-corrected chi connectivity index (χ1v) is 3.80. The van der Waals surface area contributed by atoms with Crippen LogP contribution in [-0.2, 0) is 0 Å². The topological polar surface area (TPSA) is 40.2 Å². The molecule has 68 valence electrons. The van der Waals surface area contributed by atoms with Crippen molar-refractivity contribution in [2.45, 2.75) is 0 Å². The number of diazo groups is 1. The zero-order valence-corrected chi connectivity index (χ0v) is 7.57. The highest BCUT2D eigenvalue weighted by molar-refractivity contribution is 9.10. The van der Waals surface area contributed by atoms with Crippen molar-refractivity contribution in [1.29, 1.82) is 5.39 Å².